The van der Waals surface area contributed by atoms with Crippen LogP contribution >= 0.6 is 12.4 Å². The molecule has 6 nitrogen and oxygen atoms in total. The van der Waals surface area contributed by atoms with Gasteiger partial charge in [0.05, 0.1) is 0 Å². The standard InChI is InChI=1S/C25H32N6.ClH/c1-18-9-8-10-21(15-18)17-26-23-28-24(27-22-16-19(2)11-12-20(22)3)30-25(29-23)31-13-6-4-5-7-14-31;/h8-12,15-16H,4-7,13-14,17H2,1-3H3,(H2,26,27,28,29,30);1H. The lowest BCUT2D eigenvalue weighted by Crippen LogP contribution is -2.27. The van der Waals surface area contributed by atoms with Crippen LogP contribution in [0.1, 0.15) is 47.9 Å². The van der Waals surface area contributed by atoms with Gasteiger partial charge in [-0.05, 0) is 56.4 Å². The average Bonchev–Trinajstić information content (AvgIpc) is 3.05. The third kappa shape index (κ3) is 6.33. The monoisotopic (exact) mass is 452 g/mol. The van der Waals surface area contributed by atoms with Gasteiger partial charge in [-0.2, -0.15) is 15.0 Å². The minimum atomic E-state index is 0. The first-order valence-corrected chi connectivity index (χ1v) is 11.2. The summed E-state index contributed by atoms with van der Waals surface area (Å²) in [6.07, 6.45) is 4.90. The maximum absolute atomic E-state index is 4.79. The number of hydrogen-bond acceptors (Lipinski definition) is 6. The van der Waals surface area contributed by atoms with Gasteiger partial charge in [0, 0.05) is 25.3 Å². The average molecular weight is 453 g/mol. The van der Waals surface area contributed by atoms with E-state index in [1.807, 2.05) is 0 Å². The fourth-order valence-corrected chi connectivity index (χ4v) is 3.91. The van der Waals surface area contributed by atoms with Gasteiger partial charge in [-0.25, -0.2) is 0 Å². The van der Waals surface area contributed by atoms with Crippen molar-refractivity contribution in [1.29, 1.82) is 0 Å². The van der Waals surface area contributed by atoms with Crippen LogP contribution in [-0.2, 0) is 6.54 Å². The Bertz CT molecular complexity index is 1030. The van der Waals surface area contributed by atoms with Crippen LogP contribution in [0.5, 0.6) is 0 Å². The smallest absolute Gasteiger partial charge is 0.233 e. The molecule has 0 spiro atoms. The second-order valence-electron chi connectivity index (χ2n) is 8.47. The molecule has 32 heavy (non-hydrogen) atoms. The Kier molecular flexibility index (Phi) is 8.28. The minimum absolute atomic E-state index is 0. The third-order valence-electron chi connectivity index (χ3n) is 5.69. The Morgan fingerprint density at radius 2 is 1.53 bits per heavy atom. The Morgan fingerprint density at radius 1 is 0.812 bits per heavy atom. The summed E-state index contributed by atoms with van der Waals surface area (Å²) in [6.45, 7) is 8.95. The minimum Gasteiger partial charge on any atom is -0.350 e. The first kappa shape index (κ1) is 23.8. The Hall–Kier alpha value is -2.86. The number of benzene rings is 2. The predicted molar refractivity (Wildman–Crippen MR) is 135 cm³/mol. The van der Waals surface area contributed by atoms with E-state index >= 15 is 0 Å². The normalized spacial score (nSPS) is 13.8. The Balaban J connectivity index is 0.00000289. The van der Waals surface area contributed by atoms with Crippen LogP contribution in [0.25, 0.3) is 0 Å². The molecule has 1 fully saturated rings. The van der Waals surface area contributed by atoms with E-state index < -0.39 is 0 Å². The number of hydrogen-bond donors (Lipinski definition) is 2. The second-order valence-corrected chi connectivity index (χ2v) is 8.47. The highest BCUT2D eigenvalue weighted by Gasteiger charge is 2.16. The molecular weight excluding hydrogens is 420 g/mol. The van der Waals surface area contributed by atoms with Crippen LogP contribution in [-0.4, -0.2) is 28.0 Å². The van der Waals surface area contributed by atoms with Gasteiger partial charge < -0.3 is 15.5 Å². The van der Waals surface area contributed by atoms with Crippen molar-refractivity contribution in [3.63, 3.8) is 0 Å². The molecule has 1 saturated heterocycles. The number of aryl methyl sites for hydroxylation is 3. The van der Waals surface area contributed by atoms with E-state index in [9.17, 15) is 0 Å². The summed E-state index contributed by atoms with van der Waals surface area (Å²) in [5.74, 6) is 1.93. The summed E-state index contributed by atoms with van der Waals surface area (Å²) >= 11 is 0. The van der Waals surface area contributed by atoms with E-state index in [1.165, 1.54) is 42.4 Å². The van der Waals surface area contributed by atoms with E-state index in [0.29, 0.717) is 18.4 Å². The molecule has 170 valence electrons. The molecule has 0 aliphatic carbocycles. The second kappa shape index (κ2) is 11.1. The van der Waals surface area contributed by atoms with E-state index in [4.69, 9.17) is 9.97 Å². The first-order chi connectivity index (χ1) is 15.1. The van der Waals surface area contributed by atoms with Crippen molar-refractivity contribution < 1.29 is 0 Å². The van der Waals surface area contributed by atoms with Gasteiger partial charge in [-0.1, -0.05) is 54.8 Å². The molecule has 0 saturated carbocycles. The molecule has 0 bridgehead atoms. The number of nitrogens with zero attached hydrogens (tertiary/aromatic N) is 4. The fourth-order valence-electron chi connectivity index (χ4n) is 3.91. The predicted octanol–water partition coefficient (Wildman–Crippen LogP) is 5.95. The van der Waals surface area contributed by atoms with E-state index in [2.05, 4.69) is 83.8 Å². The highest BCUT2D eigenvalue weighted by atomic mass is 35.5. The molecule has 1 aromatic heterocycles. The molecule has 2 aromatic carbocycles. The zero-order valence-corrected chi connectivity index (χ0v) is 20.0. The zero-order valence-electron chi connectivity index (χ0n) is 19.2. The van der Waals surface area contributed by atoms with Gasteiger partial charge in [0.2, 0.25) is 17.8 Å². The van der Waals surface area contributed by atoms with E-state index in [-0.39, 0.29) is 12.4 Å². The number of anilines is 4. The van der Waals surface area contributed by atoms with Crippen LogP contribution in [0.3, 0.4) is 0 Å². The van der Waals surface area contributed by atoms with Gasteiger partial charge in [0.15, 0.2) is 0 Å². The van der Waals surface area contributed by atoms with Crippen LogP contribution in [0.15, 0.2) is 42.5 Å². The number of aromatic nitrogens is 3. The molecule has 1 aliphatic heterocycles. The van der Waals surface area contributed by atoms with Crippen molar-refractivity contribution >= 4 is 35.9 Å². The summed E-state index contributed by atoms with van der Waals surface area (Å²) in [6, 6.07) is 14.8. The van der Waals surface area contributed by atoms with Gasteiger partial charge in [-0.15, -0.1) is 12.4 Å². The van der Waals surface area contributed by atoms with Crippen molar-refractivity contribution in [3.8, 4) is 0 Å². The van der Waals surface area contributed by atoms with Gasteiger partial charge in [0.1, 0.15) is 0 Å². The zero-order chi connectivity index (χ0) is 21.6. The number of halogens is 1. The van der Waals surface area contributed by atoms with E-state index in [0.717, 1.165) is 30.3 Å². The summed E-state index contributed by atoms with van der Waals surface area (Å²) in [5, 5.41) is 6.83. The van der Waals surface area contributed by atoms with Crippen molar-refractivity contribution in [1.82, 2.24) is 15.0 Å². The van der Waals surface area contributed by atoms with E-state index in [1.54, 1.807) is 0 Å². The first-order valence-electron chi connectivity index (χ1n) is 11.2. The lowest BCUT2D eigenvalue weighted by Gasteiger charge is -2.21. The van der Waals surface area contributed by atoms with Gasteiger partial charge in [-0.3, -0.25) is 0 Å². The summed E-state index contributed by atoms with van der Waals surface area (Å²) in [5.41, 5.74) is 5.85. The number of rotatable bonds is 6. The lowest BCUT2D eigenvalue weighted by molar-refractivity contribution is 0.726. The van der Waals surface area contributed by atoms with Crippen LogP contribution in [0.2, 0.25) is 0 Å². The SMILES string of the molecule is Cc1cccc(CNc2nc(Nc3cc(C)ccc3C)nc(N3CCCCCC3)n2)c1.Cl. The number of nitrogens with one attached hydrogen (secondary N) is 2. The molecule has 2 N–H and O–H groups in total. The Morgan fingerprint density at radius 3 is 2.28 bits per heavy atom. The molecule has 1 aliphatic rings. The Labute approximate surface area is 197 Å². The molecule has 2 heterocycles. The highest BCUT2D eigenvalue weighted by Crippen LogP contribution is 2.23. The summed E-state index contributed by atoms with van der Waals surface area (Å²) in [7, 11) is 0. The summed E-state index contributed by atoms with van der Waals surface area (Å²) in [4.78, 5) is 16.5. The van der Waals surface area contributed by atoms with Crippen LogP contribution in [0, 0.1) is 20.8 Å². The lowest BCUT2D eigenvalue weighted by atomic mass is 10.1. The molecular formula is C25H33ClN6. The highest BCUT2D eigenvalue weighted by molar-refractivity contribution is 5.85. The quantitative estimate of drug-likeness (QED) is 0.481. The van der Waals surface area contributed by atoms with Crippen molar-refractivity contribution in [2.75, 3.05) is 28.6 Å². The molecule has 3 aromatic rings. The topological polar surface area (TPSA) is 66.0 Å². The summed E-state index contributed by atoms with van der Waals surface area (Å²) < 4.78 is 0. The molecule has 4 rings (SSSR count). The fraction of sp³-hybridized carbons (Fsp3) is 0.400. The van der Waals surface area contributed by atoms with Crippen molar-refractivity contribution in [2.24, 2.45) is 0 Å². The molecule has 7 heteroatoms. The van der Waals surface area contributed by atoms with Crippen LogP contribution < -0.4 is 15.5 Å². The maximum Gasteiger partial charge on any atom is 0.233 e. The van der Waals surface area contributed by atoms with Crippen molar-refractivity contribution in [3.05, 3.63) is 64.7 Å². The van der Waals surface area contributed by atoms with Crippen molar-refractivity contribution in [2.45, 2.75) is 53.0 Å². The molecule has 0 amide bonds. The van der Waals surface area contributed by atoms with Gasteiger partial charge in [0.25, 0.3) is 0 Å². The third-order valence-corrected chi connectivity index (χ3v) is 5.69. The van der Waals surface area contributed by atoms with Crippen LogP contribution in [0.4, 0.5) is 23.5 Å². The molecule has 0 unspecified atom stereocenters. The molecule has 0 atom stereocenters. The largest absolute Gasteiger partial charge is 0.350 e. The molecule has 0 radical (unpaired) electrons. The maximum atomic E-state index is 4.79. The van der Waals surface area contributed by atoms with Gasteiger partial charge >= 0.3 is 0 Å².